The molecule has 0 aliphatic carbocycles. The van der Waals surface area contributed by atoms with E-state index in [-0.39, 0.29) is 21.4 Å². The van der Waals surface area contributed by atoms with Crippen LogP contribution in [0.3, 0.4) is 0 Å². The highest BCUT2D eigenvalue weighted by atomic mass is 32.1. The van der Waals surface area contributed by atoms with Crippen LogP contribution in [0.25, 0.3) is 6.08 Å². The van der Waals surface area contributed by atoms with E-state index in [9.17, 15) is 19.7 Å². The number of aromatic nitrogens is 1. The number of benzene rings is 2. The van der Waals surface area contributed by atoms with Crippen molar-refractivity contribution in [2.45, 2.75) is 19.9 Å². The fourth-order valence-corrected chi connectivity index (χ4v) is 5.93. The van der Waals surface area contributed by atoms with Crippen molar-refractivity contribution in [2.24, 2.45) is 4.99 Å². The third-order valence-electron chi connectivity index (χ3n) is 6.88. The first-order chi connectivity index (χ1) is 20.4. The lowest BCUT2D eigenvalue weighted by molar-refractivity contribution is -0.385. The quantitative estimate of drug-likeness (QED) is 0.208. The maximum Gasteiger partial charge on any atom is 0.337 e. The van der Waals surface area contributed by atoms with E-state index in [4.69, 9.17) is 18.9 Å². The van der Waals surface area contributed by atoms with E-state index in [1.165, 1.54) is 30.0 Å². The molecular weight excluding hydrogens is 564 g/mol. The first-order valence-corrected chi connectivity index (χ1v) is 14.3. The molecule has 1 fully saturated rings. The van der Waals surface area contributed by atoms with Crippen molar-refractivity contribution in [3.05, 3.63) is 89.1 Å². The van der Waals surface area contributed by atoms with Crippen LogP contribution in [0.5, 0.6) is 11.5 Å². The molecule has 1 aromatic heterocycles. The van der Waals surface area contributed by atoms with Gasteiger partial charge in [0.1, 0.15) is 0 Å². The highest BCUT2D eigenvalue weighted by molar-refractivity contribution is 7.07. The minimum absolute atomic E-state index is 0.127. The van der Waals surface area contributed by atoms with Gasteiger partial charge in [0.05, 0.1) is 60.2 Å². The van der Waals surface area contributed by atoms with Crippen molar-refractivity contribution in [3.63, 3.8) is 0 Å². The van der Waals surface area contributed by atoms with Gasteiger partial charge in [-0.15, -0.1) is 0 Å². The summed E-state index contributed by atoms with van der Waals surface area (Å²) in [6, 6.07) is 9.20. The largest absolute Gasteiger partial charge is 0.490 e. The summed E-state index contributed by atoms with van der Waals surface area (Å²) in [5, 5.41) is 11.9. The van der Waals surface area contributed by atoms with Gasteiger partial charge in [0, 0.05) is 31.0 Å². The number of nitro groups is 1. The molecule has 3 aromatic rings. The average Bonchev–Trinajstić information content (AvgIpc) is 3.32. The summed E-state index contributed by atoms with van der Waals surface area (Å²) in [6.07, 6.45) is 2.90. The van der Waals surface area contributed by atoms with Gasteiger partial charge in [0.15, 0.2) is 16.3 Å². The molecule has 0 spiro atoms. The van der Waals surface area contributed by atoms with Crippen LogP contribution in [0.15, 0.2) is 58.0 Å². The third-order valence-corrected chi connectivity index (χ3v) is 7.88. The third kappa shape index (κ3) is 5.65. The minimum Gasteiger partial charge on any atom is -0.490 e. The van der Waals surface area contributed by atoms with Crippen LogP contribution in [0, 0.1) is 10.1 Å². The van der Waals surface area contributed by atoms with Crippen LogP contribution in [-0.2, 0) is 14.3 Å². The topological polar surface area (TPSA) is 135 Å². The van der Waals surface area contributed by atoms with Gasteiger partial charge in [0.25, 0.3) is 11.2 Å². The molecule has 2 aromatic carbocycles. The van der Waals surface area contributed by atoms with E-state index in [1.807, 2.05) is 13.8 Å². The van der Waals surface area contributed by atoms with Crippen LogP contribution in [0.4, 0.5) is 11.4 Å². The van der Waals surface area contributed by atoms with Crippen LogP contribution < -0.4 is 29.3 Å². The highest BCUT2D eigenvalue weighted by Crippen LogP contribution is 2.35. The Hall–Kier alpha value is -4.49. The smallest absolute Gasteiger partial charge is 0.337 e. The minimum atomic E-state index is -0.875. The zero-order chi connectivity index (χ0) is 29.8. The van der Waals surface area contributed by atoms with Crippen molar-refractivity contribution < 1.29 is 28.7 Å². The van der Waals surface area contributed by atoms with E-state index >= 15 is 0 Å². The number of thiazole rings is 1. The van der Waals surface area contributed by atoms with Crippen molar-refractivity contribution in [2.75, 3.05) is 51.5 Å². The molecule has 3 heterocycles. The summed E-state index contributed by atoms with van der Waals surface area (Å²) in [5.41, 5.74) is 1.25. The zero-order valence-electron chi connectivity index (χ0n) is 23.4. The Morgan fingerprint density at radius 3 is 2.57 bits per heavy atom. The molecule has 12 nitrogen and oxygen atoms in total. The van der Waals surface area contributed by atoms with Gasteiger partial charge in [-0.25, -0.2) is 9.79 Å². The second-order valence-electron chi connectivity index (χ2n) is 9.35. The lowest BCUT2D eigenvalue weighted by Gasteiger charge is -2.29. The van der Waals surface area contributed by atoms with Crippen molar-refractivity contribution in [3.8, 4) is 11.5 Å². The first kappa shape index (κ1) is 29.0. The number of ether oxygens (including phenoxy) is 4. The Bertz CT molecular complexity index is 1720. The Kier molecular flexibility index (Phi) is 8.69. The SMILES string of the molecule is CCOc1ccc([C@@H]2C(C(=O)OC)=CN=c3s/c(=C\c4cc(N5CCOCC5)ccc4[N+](=O)[O-])c(=O)n32)cc1OCC. The number of morpholine rings is 1. The molecule has 42 heavy (non-hydrogen) atoms. The van der Waals surface area contributed by atoms with Crippen LogP contribution in [-0.4, -0.2) is 62.1 Å². The molecular formula is C29H30N4O8S. The zero-order valence-corrected chi connectivity index (χ0v) is 24.2. The van der Waals surface area contributed by atoms with Gasteiger partial charge in [-0.2, -0.15) is 0 Å². The molecule has 0 saturated carbocycles. The maximum absolute atomic E-state index is 14.0. The molecule has 5 rings (SSSR count). The molecule has 0 radical (unpaired) electrons. The van der Waals surface area contributed by atoms with Crippen LogP contribution >= 0.6 is 11.3 Å². The number of methoxy groups -OCH3 is 1. The fourth-order valence-electron chi connectivity index (χ4n) is 4.97. The predicted octanol–water partition coefficient (Wildman–Crippen LogP) is 2.56. The highest BCUT2D eigenvalue weighted by Gasteiger charge is 2.31. The molecule has 0 unspecified atom stereocenters. The number of carbonyl (C=O) groups excluding carboxylic acids is 1. The fraction of sp³-hybridized carbons (Fsp3) is 0.345. The molecule has 0 N–H and O–H groups in total. The molecule has 0 amide bonds. The predicted molar refractivity (Wildman–Crippen MR) is 156 cm³/mol. The Morgan fingerprint density at radius 2 is 1.88 bits per heavy atom. The summed E-state index contributed by atoms with van der Waals surface area (Å²) in [7, 11) is 1.26. The van der Waals surface area contributed by atoms with Crippen molar-refractivity contribution in [1.29, 1.82) is 0 Å². The van der Waals surface area contributed by atoms with Crippen LogP contribution in [0.2, 0.25) is 0 Å². The first-order valence-electron chi connectivity index (χ1n) is 13.5. The summed E-state index contributed by atoms with van der Waals surface area (Å²) in [6.45, 7) is 6.95. The van der Waals surface area contributed by atoms with Gasteiger partial charge in [-0.3, -0.25) is 19.5 Å². The number of hydrogen-bond donors (Lipinski definition) is 0. The van der Waals surface area contributed by atoms with Gasteiger partial charge >= 0.3 is 5.97 Å². The summed E-state index contributed by atoms with van der Waals surface area (Å²) in [5.74, 6) is 0.362. The maximum atomic E-state index is 14.0. The Labute approximate surface area is 244 Å². The number of esters is 1. The van der Waals surface area contributed by atoms with Crippen molar-refractivity contribution >= 4 is 34.8 Å². The van der Waals surface area contributed by atoms with E-state index < -0.39 is 22.5 Å². The second-order valence-corrected chi connectivity index (χ2v) is 10.4. The summed E-state index contributed by atoms with van der Waals surface area (Å²) in [4.78, 5) is 45.0. The van der Waals surface area contributed by atoms with E-state index in [1.54, 1.807) is 30.3 Å². The van der Waals surface area contributed by atoms with Crippen molar-refractivity contribution in [1.82, 2.24) is 4.57 Å². The lowest BCUT2D eigenvalue weighted by Crippen LogP contribution is -2.39. The second kappa shape index (κ2) is 12.6. The molecule has 1 atom stereocenters. The standard InChI is InChI=1S/C29H30N4O8S/c1-4-40-23-9-6-18(15-24(23)41-5-2)26-21(28(35)38-3)17-30-29-32(26)27(34)25(42-29)16-19-14-20(7-8-22(19)33(36)37)31-10-12-39-13-11-31/h6-9,14-17,26H,4-5,10-13H2,1-3H3/b25-16-/t26-/m1/s1. The number of rotatable bonds is 9. The Balaban J connectivity index is 1.66. The average molecular weight is 595 g/mol. The normalized spacial score (nSPS) is 16.7. The van der Waals surface area contributed by atoms with Gasteiger partial charge < -0.3 is 23.8 Å². The molecule has 13 heteroatoms. The molecule has 2 aliphatic heterocycles. The lowest BCUT2D eigenvalue weighted by atomic mass is 9.97. The number of hydrogen-bond acceptors (Lipinski definition) is 11. The summed E-state index contributed by atoms with van der Waals surface area (Å²) < 4.78 is 23.6. The number of nitro benzene ring substituents is 1. The molecule has 220 valence electrons. The monoisotopic (exact) mass is 594 g/mol. The van der Waals surface area contributed by atoms with Gasteiger partial charge in [0.2, 0.25) is 0 Å². The Morgan fingerprint density at radius 1 is 1.14 bits per heavy atom. The molecule has 0 bridgehead atoms. The number of nitrogens with zero attached hydrogens (tertiary/aromatic N) is 4. The van der Waals surface area contributed by atoms with Gasteiger partial charge in [-0.05, 0) is 49.8 Å². The molecule has 2 aliphatic rings. The number of anilines is 1. The van der Waals surface area contributed by atoms with E-state index in [2.05, 4.69) is 9.89 Å². The molecule has 1 saturated heterocycles. The summed E-state index contributed by atoms with van der Waals surface area (Å²) >= 11 is 1.08. The van der Waals surface area contributed by atoms with E-state index in [0.29, 0.717) is 61.4 Å². The number of fused-ring (bicyclic) bond motifs is 1. The van der Waals surface area contributed by atoms with Crippen LogP contribution in [0.1, 0.15) is 31.0 Å². The van der Waals surface area contributed by atoms with E-state index in [0.717, 1.165) is 17.0 Å². The number of carbonyl (C=O) groups is 1. The van der Waals surface area contributed by atoms with Gasteiger partial charge in [-0.1, -0.05) is 17.4 Å².